The van der Waals surface area contributed by atoms with Crippen molar-refractivity contribution in [3.63, 3.8) is 0 Å². The fourth-order valence-electron chi connectivity index (χ4n) is 5.00. The molecule has 1 atom stereocenters. The third kappa shape index (κ3) is 9.23. The predicted molar refractivity (Wildman–Crippen MR) is 172 cm³/mol. The average molecular weight is 648 g/mol. The van der Waals surface area contributed by atoms with Gasteiger partial charge in [0.15, 0.2) is 0 Å². The molecule has 0 spiro atoms. The van der Waals surface area contributed by atoms with Crippen LogP contribution in [0.5, 0.6) is 0 Å². The van der Waals surface area contributed by atoms with E-state index in [9.17, 15) is 22.4 Å². The Labute approximate surface area is 268 Å². The first kappa shape index (κ1) is 32.3. The van der Waals surface area contributed by atoms with Crippen LogP contribution in [-0.2, 0) is 45.5 Å². The molecule has 1 unspecified atom stereocenters. The molecule has 4 aromatic rings. The van der Waals surface area contributed by atoms with Crippen LogP contribution in [-0.4, -0.2) is 37.2 Å². The third-order valence-corrected chi connectivity index (χ3v) is 9.61. The molecular formula is C35H35ClFN3O4S. The predicted octanol–water partition coefficient (Wildman–Crippen LogP) is 5.81. The summed E-state index contributed by atoms with van der Waals surface area (Å²) in [5.74, 6) is -1.00. The maximum Gasteiger partial charge on any atom is 0.243 e. The zero-order valence-electron chi connectivity index (χ0n) is 24.7. The van der Waals surface area contributed by atoms with E-state index in [2.05, 4.69) is 10.0 Å². The van der Waals surface area contributed by atoms with Crippen LogP contribution in [0.15, 0.2) is 108 Å². The van der Waals surface area contributed by atoms with Crippen LogP contribution in [0.1, 0.15) is 41.5 Å². The lowest BCUT2D eigenvalue weighted by molar-refractivity contribution is -0.141. The minimum absolute atomic E-state index is 0.00472. The minimum Gasteiger partial charge on any atom is -0.350 e. The Morgan fingerprint density at radius 1 is 0.844 bits per heavy atom. The number of sulfonamides is 1. The fourth-order valence-corrected chi connectivity index (χ4v) is 6.51. The van der Waals surface area contributed by atoms with Crippen molar-refractivity contribution in [3.8, 4) is 0 Å². The van der Waals surface area contributed by atoms with E-state index in [1.165, 1.54) is 12.1 Å². The van der Waals surface area contributed by atoms with E-state index >= 15 is 0 Å². The molecule has 0 aliphatic heterocycles. The molecule has 7 nitrogen and oxygen atoms in total. The van der Waals surface area contributed by atoms with Gasteiger partial charge in [0, 0.05) is 37.0 Å². The maximum absolute atomic E-state index is 14.0. The van der Waals surface area contributed by atoms with Gasteiger partial charge < -0.3 is 10.2 Å². The molecular weight excluding hydrogens is 613 g/mol. The summed E-state index contributed by atoms with van der Waals surface area (Å²) in [5, 5.41) is 3.49. The van der Waals surface area contributed by atoms with Crippen LogP contribution >= 0.6 is 11.6 Å². The van der Waals surface area contributed by atoms with Gasteiger partial charge in [-0.2, -0.15) is 0 Å². The molecule has 1 saturated carbocycles. The Morgan fingerprint density at radius 3 is 2.16 bits per heavy atom. The Morgan fingerprint density at radius 2 is 1.49 bits per heavy atom. The summed E-state index contributed by atoms with van der Waals surface area (Å²) in [7, 11) is -3.58. The topological polar surface area (TPSA) is 95.6 Å². The number of halogens is 2. The number of nitrogens with zero attached hydrogens (tertiary/aromatic N) is 1. The maximum atomic E-state index is 14.0. The number of amides is 2. The van der Waals surface area contributed by atoms with Gasteiger partial charge >= 0.3 is 0 Å². The van der Waals surface area contributed by atoms with E-state index in [1.807, 2.05) is 48.5 Å². The van der Waals surface area contributed by atoms with E-state index < -0.39 is 21.9 Å². The van der Waals surface area contributed by atoms with Crippen molar-refractivity contribution in [2.45, 2.75) is 62.2 Å². The molecule has 234 valence electrons. The summed E-state index contributed by atoms with van der Waals surface area (Å²) in [5.41, 5.74) is 3.10. The summed E-state index contributed by atoms with van der Waals surface area (Å²) in [4.78, 5) is 29.5. The summed E-state index contributed by atoms with van der Waals surface area (Å²) < 4.78 is 41.5. The molecule has 0 bridgehead atoms. The first-order valence-electron chi connectivity index (χ1n) is 14.9. The Kier molecular flexibility index (Phi) is 10.7. The van der Waals surface area contributed by atoms with Crippen molar-refractivity contribution in [2.24, 2.45) is 0 Å². The number of carbonyl (C=O) groups is 2. The van der Waals surface area contributed by atoms with Gasteiger partial charge in [-0.1, -0.05) is 84.4 Å². The van der Waals surface area contributed by atoms with E-state index in [-0.39, 0.29) is 48.7 Å². The zero-order valence-corrected chi connectivity index (χ0v) is 26.2. The molecule has 5 rings (SSSR count). The number of hydrogen-bond acceptors (Lipinski definition) is 4. The monoisotopic (exact) mass is 647 g/mol. The SMILES string of the molecule is O=C(NCc1ccccc1Cl)C(Cc1ccccc1)N(Cc1ccc(F)cc1)C(=O)CCc1ccc(S(=O)(=O)NC2CC2)cc1. The van der Waals surface area contributed by atoms with E-state index in [1.54, 1.807) is 47.4 Å². The highest BCUT2D eigenvalue weighted by atomic mass is 35.5. The van der Waals surface area contributed by atoms with Gasteiger partial charge in [-0.15, -0.1) is 0 Å². The molecule has 0 radical (unpaired) electrons. The van der Waals surface area contributed by atoms with Crippen LogP contribution in [0.25, 0.3) is 0 Å². The van der Waals surface area contributed by atoms with E-state index in [0.717, 1.165) is 29.5 Å². The van der Waals surface area contributed by atoms with E-state index in [4.69, 9.17) is 11.6 Å². The minimum atomic E-state index is -3.58. The first-order chi connectivity index (χ1) is 21.7. The fraction of sp³-hybridized carbons (Fsp3) is 0.257. The molecule has 0 saturated heterocycles. The van der Waals surface area contributed by atoms with Crippen LogP contribution in [0.2, 0.25) is 5.02 Å². The molecule has 10 heteroatoms. The number of carbonyl (C=O) groups excluding carboxylic acids is 2. The van der Waals surface area contributed by atoms with Crippen molar-refractivity contribution < 1.29 is 22.4 Å². The summed E-state index contributed by atoms with van der Waals surface area (Å²) >= 11 is 6.33. The standard InChI is InChI=1S/C35H35ClFN3O4S/c36-32-9-5-4-8-28(32)23-38-35(42)33(22-26-6-2-1-3-7-26)40(24-27-10-15-29(37)16-11-27)34(41)21-14-25-12-19-31(20-13-25)45(43,44)39-30-17-18-30/h1-13,15-16,19-20,30,33,39H,14,17-18,21-24H2,(H,38,42). The third-order valence-electron chi connectivity index (χ3n) is 7.71. The van der Waals surface area contributed by atoms with Crippen LogP contribution in [0.4, 0.5) is 4.39 Å². The second-order valence-corrected chi connectivity index (χ2v) is 13.3. The second kappa shape index (κ2) is 14.8. The molecule has 0 heterocycles. The lowest BCUT2D eigenvalue weighted by Gasteiger charge is -2.32. The Hall–Kier alpha value is -4.05. The molecule has 45 heavy (non-hydrogen) atoms. The first-order valence-corrected chi connectivity index (χ1v) is 16.7. The quantitative estimate of drug-likeness (QED) is 0.181. The summed E-state index contributed by atoms with van der Waals surface area (Å²) in [6, 6.07) is 28.2. The van der Waals surface area contributed by atoms with Gasteiger partial charge in [0.2, 0.25) is 21.8 Å². The van der Waals surface area contributed by atoms with Gasteiger partial charge in [-0.25, -0.2) is 17.5 Å². The van der Waals surface area contributed by atoms with Crippen LogP contribution < -0.4 is 10.0 Å². The van der Waals surface area contributed by atoms with Crippen LogP contribution in [0, 0.1) is 5.82 Å². The highest BCUT2D eigenvalue weighted by Gasteiger charge is 2.31. The van der Waals surface area contributed by atoms with Crippen molar-refractivity contribution >= 4 is 33.4 Å². The molecule has 0 aromatic heterocycles. The highest BCUT2D eigenvalue weighted by molar-refractivity contribution is 7.89. The molecule has 2 N–H and O–H groups in total. The number of nitrogens with one attached hydrogen (secondary N) is 2. The molecule has 1 aliphatic carbocycles. The number of rotatable bonds is 14. The lowest BCUT2D eigenvalue weighted by Crippen LogP contribution is -2.50. The van der Waals surface area contributed by atoms with Gasteiger partial charge in [0.05, 0.1) is 4.90 Å². The number of hydrogen-bond donors (Lipinski definition) is 2. The molecule has 2 amide bonds. The largest absolute Gasteiger partial charge is 0.350 e. The molecule has 1 fully saturated rings. The Balaban J connectivity index is 1.37. The molecule has 1 aliphatic rings. The van der Waals surface area contributed by atoms with E-state index in [0.29, 0.717) is 17.0 Å². The second-order valence-electron chi connectivity index (χ2n) is 11.2. The smallest absolute Gasteiger partial charge is 0.243 e. The highest BCUT2D eigenvalue weighted by Crippen LogP contribution is 2.23. The van der Waals surface area contributed by atoms with Crippen molar-refractivity contribution in [2.75, 3.05) is 0 Å². The molecule has 4 aromatic carbocycles. The lowest BCUT2D eigenvalue weighted by atomic mass is 10.0. The van der Waals surface area contributed by atoms with Crippen molar-refractivity contribution in [1.29, 1.82) is 0 Å². The Bertz CT molecular complexity index is 1710. The van der Waals surface area contributed by atoms with Crippen molar-refractivity contribution in [1.82, 2.24) is 14.9 Å². The van der Waals surface area contributed by atoms with Gasteiger partial charge in [-0.05, 0) is 71.8 Å². The number of benzene rings is 4. The van der Waals surface area contributed by atoms with Crippen molar-refractivity contribution in [3.05, 3.63) is 136 Å². The van der Waals surface area contributed by atoms with Crippen LogP contribution in [0.3, 0.4) is 0 Å². The van der Waals surface area contributed by atoms with Gasteiger partial charge in [0.25, 0.3) is 0 Å². The van der Waals surface area contributed by atoms with Gasteiger partial charge in [0.1, 0.15) is 11.9 Å². The number of aryl methyl sites for hydroxylation is 1. The summed E-state index contributed by atoms with van der Waals surface area (Å²) in [6.07, 6.45) is 2.38. The zero-order chi connectivity index (χ0) is 31.8. The average Bonchev–Trinajstić information content (AvgIpc) is 3.86. The normalized spacial score (nSPS) is 13.6. The van der Waals surface area contributed by atoms with Gasteiger partial charge in [-0.3, -0.25) is 9.59 Å². The summed E-state index contributed by atoms with van der Waals surface area (Å²) in [6.45, 7) is 0.285.